The molecule has 0 aliphatic heterocycles. The van der Waals surface area contributed by atoms with Crippen LogP contribution in [0.1, 0.15) is 21.9 Å². The molecule has 0 aliphatic rings. The second kappa shape index (κ2) is 6.58. The summed E-state index contributed by atoms with van der Waals surface area (Å²) in [4.78, 5) is 12.4. The van der Waals surface area contributed by atoms with Crippen molar-refractivity contribution in [3.63, 3.8) is 0 Å². The van der Waals surface area contributed by atoms with Gasteiger partial charge in [0.2, 0.25) is 0 Å². The Morgan fingerprint density at radius 1 is 1.33 bits per heavy atom. The molecule has 0 radical (unpaired) electrons. The van der Waals surface area contributed by atoms with Gasteiger partial charge in [0.25, 0.3) is 0 Å². The number of hydrogen-bond acceptors (Lipinski definition) is 6. The molecule has 0 saturated carbocycles. The van der Waals surface area contributed by atoms with Gasteiger partial charge in [0.05, 0.1) is 20.0 Å². The fraction of sp³-hybridized carbons (Fsp3) is 0.267. The maximum atomic E-state index is 11.5. The molecule has 21 heavy (non-hydrogen) atoms. The molecule has 0 unspecified atom stereocenters. The first-order valence-corrected chi connectivity index (χ1v) is 7.27. The minimum Gasteiger partial charge on any atom is -0.497 e. The Hall–Kier alpha value is -2.08. The number of esters is 1. The summed E-state index contributed by atoms with van der Waals surface area (Å²) in [5, 5.41) is 0. The minimum atomic E-state index is -0.395. The quantitative estimate of drug-likeness (QED) is 0.519. The average molecular weight is 307 g/mol. The summed E-state index contributed by atoms with van der Waals surface area (Å²) < 4.78 is 15.4. The summed E-state index contributed by atoms with van der Waals surface area (Å²) in [6.07, 6.45) is 0. The zero-order valence-corrected chi connectivity index (χ0v) is 13.0. The van der Waals surface area contributed by atoms with E-state index in [4.69, 9.17) is 19.6 Å². The van der Waals surface area contributed by atoms with E-state index in [2.05, 4.69) is 0 Å². The van der Waals surface area contributed by atoms with Crippen LogP contribution in [0.2, 0.25) is 0 Å². The van der Waals surface area contributed by atoms with E-state index in [1.54, 1.807) is 26.2 Å². The van der Waals surface area contributed by atoms with E-state index < -0.39 is 5.97 Å². The maximum absolute atomic E-state index is 11.5. The van der Waals surface area contributed by atoms with Gasteiger partial charge in [-0.05, 0) is 31.2 Å². The zero-order chi connectivity index (χ0) is 15.4. The van der Waals surface area contributed by atoms with E-state index in [0.717, 1.165) is 10.6 Å². The summed E-state index contributed by atoms with van der Waals surface area (Å²) in [5.41, 5.74) is 7.06. The number of aryl methyl sites for hydroxylation is 1. The number of ether oxygens (including phenoxy) is 2. The van der Waals surface area contributed by atoms with Crippen LogP contribution in [0.15, 0.2) is 33.6 Å². The Morgan fingerprint density at radius 3 is 2.76 bits per heavy atom. The molecule has 112 valence electrons. The lowest BCUT2D eigenvalue weighted by atomic mass is 10.2. The number of methoxy groups -OCH3 is 2. The van der Waals surface area contributed by atoms with E-state index >= 15 is 0 Å². The van der Waals surface area contributed by atoms with E-state index in [9.17, 15) is 4.79 Å². The highest BCUT2D eigenvalue weighted by Gasteiger charge is 2.15. The first-order chi connectivity index (χ1) is 10.0. The molecule has 0 fully saturated rings. The second-order valence-corrected chi connectivity index (χ2v) is 5.38. The number of carbonyl (C=O) groups excluding carboxylic acids is 1. The standard InChI is InChI=1S/C15H17NO4S/c1-9-12(15(17)19-3)6-11(20-9)8-21-14-7-10(18-2)4-5-13(14)16/h4-7H,8,16H2,1-3H3. The SMILES string of the molecule is COC(=O)c1cc(CSc2cc(OC)ccc2N)oc1C. The van der Waals surface area contributed by atoms with Crippen molar-refractivity contribution in [2.45, 2.75) is 17.6 Å². The van der Waals surface area contributed by atoms with Gasteiger partial charge >= 0.3 is 5.97 Å². The Morgan fingerprint density at radius 2 is 2.10 bits per heavy atom. The maximum Gasteiger partial charge on any atom is 0.341 e. The van der Waals surface area contributed by atoms with Crippen molar-refractivity contribution in [3.05, 3.63) is 41.3 Å². The van der Waals surface area contributed by atoms with Crippen LogP contribution in [0.25, 0.3) is 0 Å². The molecule has 0 bridgehead atoms. The van der Waals surface area contributed by atoms with Crippen molar-refractivity contribution in [2.75, 3.05) is 20.0 Å². The van der Waals surface area contributed by atoms with E-state index in [1.807, 2.05) is 12.1 Å². The highest BCUT2D eigenvalue weighted by atomic mass is 32.2. The number of furan rings is 1. The molecule has 5 nitrogen and oxygen atoms in total. The topological polar surface area (TPSA) is 74.7 Å². The molecule has 2 aromatic rings. The number of hydrogen-bond donors (Lipinski definition) is 1. The van der Waals surface area contributed by atoms with Crippen molar-refractivity contribution in [3.8, 4) is 5.75 Å². The van der Waals surface area contributed by atoms with Gasteiger partial charge in [-0.25, -0.2) is 4.79 Å². The summed E-state index contributed by atoms with van der Waals surface area (Å²) in [7, 11) is 2.96. The monoisotopic (exact) mass is 307 g/mol. The molecule has 1 aromatic carbocycles. The van der Waals surface area contributed by atoms with Crippen LogP contribution in [0, 0.1) is 6.92 Å². The summed E-state index contributed by atoms with van der Waals surface area (Å²) in [5.74, 6) is 2.16. The molecule has 6 heteroatoms. The third kappa shape index (κ3) is 3.52. The fourth-order valence-electron chi connectivity index (χ4n) is 1.84. The average Bonchev–Trinajstić information content (AvgIpc) is 2.86. The molecule has 0 amide bonds. The number of anilines is 1. The van der Waals surface area contributed by atoms with Crippen molar-refractivity contribution >= 4 is 23.4 Å². The Kier molecular flexibility index (Phi) is 4.80. The number of carbonyl (C=O) groups is 1. The van der Waals surface area contributed by atoms with Gasteiger partial charge in [-0.3, -0.25) is 0 Å². The summed E-state index contributed by atoms with van der Waals surface area (Å²) >= 11 is 1.52. The van der Waals surface area contributed by atoms with Crippen LogP contribution in [0.3, 0.4) is 0 Å². The number of nitrogens with two attached hydrogens (primary N) is 1. The largest absolute Gasteiger partial charge is 0.497 e. The smallest absolute Gasteiger partial charge is 0.341 e. The van der Waals surface area contributed by atoms with Gasteiger partial charge in [-0.15, -0.1) is 11.8 Å². The molecule has 0 spiro atoms. The number of thioether (sulfide) groups is 1. The lowest BCUT2D eigenvalue weighted by Gasteiger charge is -2.06. The molecular formula is C15H17NO4S. The van der Waals surface area contributed by atoms with Crippen molar-refractivity contribution < 1.29 is 18.7 Å². The molecular weight excluding hydrogens is 290 g/mol. The molecule has 2 N–H and O–H groups in total. The second-order valence-electron chi connectivity index (χ2n) is 4.37. The van der Waals surface area contributed by atoms with Gasteiger partial charge < -0.3 is 19.6 Å². The summed E-state index contributed by atoms with van der Waals surface area (Å²) in [6.45, 7) is 1.74. The van der Waals surface area contributed by atoms with Crippen molar-refractivity contribution in [2.24, 2.45) is 0 Å². The highest BCUT2D eigenvalue weighted by Crippen LogP contribution is 2.32. The van der Waals surface area contributed by atoms with Crippen molar-refractivity contribution in [1.29, 1.82) is 0 Å². The Bertz CT molecular complexity index is 651. The van der Waals surface area contributed by atoms with E-state index in [0.29, 0.717) is 28.5 Å². The lowest BCUT2D eigenvalue weighted by molar-refractivity contribution is 0.0599. The van der Waals surface area contributed by atoms with Crippen LogP contribution in [0.4, 0.5) is 5.69 Å². The lowest BCUT2D eigenvalue weighted by Crippen LogP contribution is -2.00. The number of nitrogen functional groups attached to an aromatic ring is 1. The first kappa shape index (κ1) is 15.3. The fourth-order valence-corrected chi connectivity index (χ4v) is 2.72. The predicted molar refractivity (Wildman–Crippen MR) is 81.8 cm³/mol. The van der Waals surface area contributed by atoms with Gasteiger partial charge in [-0.1, -0.05) is 0 Å². The van der Waals surface area contributed by atoms with Crippen LogP contribution in [-0.2, 0) is 10.5 Å². The van der Waals surface area contributed by atoms with Crippen molar-refractivity contribution in [1.82, 2.24) is 0 Å². The van der Waals surface area contributed by atoms with Gasteiger partial charge in [0.15, 0.2) is 0 Å². The molecule has 2 rings (SSSR count). The van der Waals surface area contributed by atoms with Gasteiger partial charge in [0, 0.05) is 10.6 Å². The molecule has 0 aliphatic carbocycles. The highest BCUT2D eigenvalue weighted by molar-refractivity contribution is 7.98. The Labute approximate surface area is 127 Å². The minimum absolute atomic E-state index is 0.395. The third-order valence-corrected chi connectivity index (χ3v) is 4.06. The zero-order valence-electron chi connectivity index (χ0n) is 12.1. The van der Waals surface area contributed by atoms with Crippen LogP contribution in [-0.4, -0.2) is 20.2 Å². The normalized spacial score (nSPS) is 10.4. The first-order valence-electron chi connectivity index (χ1n) is 6.29. The van der Waals surface area contributed by atoms with Gasteiger partial charge in [-0.2, -0.15) is 0 Å². The number of benzene rings is 1. The number of rotatable bonds is 5. The summed E-state index contributed by atoms with van der Waals surface area (Å²) in [6, 6.07) is 7.18. The molecule has 1 aromatic heterocycles. The van der Waals surface area contributed by atoms with E-state index in [-0.39, 0.29) is 0 Å². The molecule has 0 saturated heterocycles. The Balaban J connectivity index is 2.11. The van der Waals surface area contributed by atoms with Crippen LogP contribution in [0.5, 0.6) is 5.75 Å². The third-order valence-electron chi connectivity index (χ3n) is 2.96. The predicted octanol–water partition coefficient (Wildman–Crippen LogP) is 3.26. The van der Waals surface area contributed by atoms with E-state index in [1.165, 1.54) is 18.9 Å². The van der Waals surface area contributed by atoms with Gasteiger partial charge in [0.1, 0.15) is 22.8 Å². The van der Waals surface area contributed by atoms with Crippen LogP contribution >= 0.6 is 11.8 Å². The molecule has 1 heterocycles. The van der Waals surface area contributed by atoms with Crippen LogP contribution < -0.4 is 10.5 Å². The molecule has 0 atom stereocenters.